The van der Waals surface area contributed by atoms with Crippen molar-refractivity contribution >= 4 is 10.8 Å². The molecule has 3 aromatic rings. The first kappa shape index (κ1) is 17.2. The van der Waals surface area contributed by atoms with Crippen molar-refractivity contribution in [1.29, 1.82) is 0 Å². The second-order valence-electron chi connectivity index (χ2n) is 7.46. The van der Waals surface area contributed by atoms with Gasteiger partial charge in [0, 0.05) is 24.4 Å². The van der Waals surface area contributed by atoms with Gasteiger partial charge in [-0.15, -0.1) is 0 Å². The van der Waals surface area contributed by atoms with Crippen LogP contribution in [0.3, 0.4) is 0 Å². The van der Waals surface area contributed by atoms with Gasteiger partial charge in [-0.2, -0.15) is 4.98 Å². The molecule has 26 heavy (non-hydrogen) atoms. The van der Waals surface area contributed by atoms with E-state index in [4.69, 9.17) is 4.52 Å². The molecule has 4 heteroatoms. The van der Waals surface area contributed by atoms with E-state index >= 15 is 0 Å². The van der Waals surface area contributed by atoms with Crippen molar-refractivity contribution in [2.24, 2.45) is 0 Å². The van der Waals surface area contributed by atoms with Crippen LogP contribution in [0.1, 0.15) is 68.8 Å². The zero-order valence-corrected chi connectivity index (χ0v) is 15.6. The van der Waals surface area contributed by atoms with E-state index in [1.807, 2.05) is 0 Å². The van der Waals surface area contributed by atoms with Crippen LogP contribution in [0.4, 0.5) is 0 Å². The van der Waals surface area contributed by atoms with E-state index in [1.54, 1.807) is 0 Å². The van der Waals surface area contributed by atoms with Crippen LogP contribution < -0.4 is 5.32 Å². The Morgan fingerprint density at radius 1 is 1.15 bits per heavy atom. The van der Waals surface area contributed by atoms with Gasteiger partial charge in [0.25, 0.3) is 0 Å². The van der Waals surface area contributed by atoms with Crippen LogP contribution in [0.25, 0.3) is 10.8 Å². The summed E-state index contributed by atoms with van der Waals surface area (Å²) in [4.78, 5) is 4.59. The topological polar surface area (TPSA) is 51.0 Å². The Bertz CT molecular complexity index is 867. The zero-order chi connectivity index (χ0) is 17.9. The summed E-state index contributed by atoms with van der Waals surface area (Å²) in [7, 11) is 0. The molecule has 0 radical (unpaired) electrons. The molecule has 0 saturated heterocycles. The van der Waals surface area contributed by atoms with Gasteiger partial charge in [0.2, 0.25) is 5.89 Å². The largest absolute Gasteiger partial charge is 0.339 e. The smallest absolute Gasteiger partial charge is 0.229 e. The van der Waals surface area contributed by atoms with Crippen LogP contribution in [0.2, 0.25) is 0 Å². The molecule has 136 valence electrons. The number of nitrogens with zero attached hydrogens (tertiary/aromatic N) is 2. The molecule has 0 amide bonds. The molecule has 0 spiro atoms. The van der Waals surface area contributed by atoms with Crippen molar-refractivity contribution in [3.63, 3.8) is 0 Å². The molecule has 1 aliphatic rings. The molecule has 1 heterocycles. The monoisotopic (exact) mass is 349 g/mol. The molecule has 4 rings (SSSR count). The minimum atomic E-state index is 0.322. The Morgan fingerprint density at radius 2 is 2.00 bits per heavy atom. The first-order valence-electron chi connectivity index (χ1n) is 9.80. The molecule has 3 unspecified atom stereocenters. The number of fused-ring (bicyclic) bond motifs is 1. The Balaban J connectivity index is 1.43. The van der Waals surface area contributed by atoms with Gasteiger partial charge in [-0.05, 0) is 48.9 Å². The summed E-state index contributed by atoms with van der Waals surface area (Å²) >= 11 is 0. The van der Waals surface area contributed by atoms with Crippen LogP contribution in [-0.2, 0) is 6.42 Å². The van der Waals surface area contributed by atoms with Crippen molar-refractivity contribution in [2.45, 2.75) is 64.0 Å². The van der Waals surface area contributed by atoms with Crippen molar-refractivity contribution in [1.82, 2.24) is 15.5 Å². The quantitative estimate of drug-likeness (QED) is 0.667. The van der Waals surface area contributed by atoms with E-state index in [-0.39, 0.29) is 0 Å². The van der Waals surface area contributed by atoms with Gasteiger partial charge in [0.05, 0.1) is 0 Å². The summed E-state index contributed by atoms with van der Waals surface area (Å²) in [5.74, 6) is 2.07. The van der Waals surface area contributed by atoms with Crippen LogP contribution in [0.5, 0.6) is 0 Å². The standard InChI is InChI=1S/C22H27N3O/c1-3-7-21-24-22(26-25-21)17-12-13-18(14-17)23-15(2)19-11-6-9-16-8-4-5-10-20(16)19/h4-6,8-11,15,17-18,23H,3,7,12-14H2,1-2H3. The highest BCUT2D eigenvalue weighted by Gasteiger charge is 2.30. The van der Waals surface area contributed by atoms with Crippen LogP contribution >= 0.6 is 0 Å². The Morgan fingerprint density at radius 3 is 2.88 bits per heavy atom. The number of aryl methyl sites for hydroxylation is 1. The number of aromatic nitrogens is 2. The summed E-state index contributed by atoms with van der Waals surface area (Å²) < 4.78 is 5.51. The summed E-state index contributed by atoms with van der Waals surface area (Å²) in [6, 6.07) is 16.0. The maximum absolute atomic E-state index is 5.51. The molecule has 0 bridgehead atoms. The molecule has 1 saturated carbocycles. The molecule has 1 N–H and O–H groups in total. The summed E-state index contributed by atoms with van der Waals surface area (Å²) in [5, 5.41) is 10.6. The van der Waals surface area contributed by atoms with E-state index in [1.165, 1.54) is 16.3 Å². The van der Waals surface area contributed by atoms with Crippen LogP contribution in [0.15, 0.2) is 47.0 Å². The van der Waals surface area contributed by atoms with E-state index in [0.29, 0.717) is 18.0 Å². The first-order valence-corrected chi connectivity index (χ1v) is 9.80. The van der Waals surface area contributed by atoms with Gasteiger partial charge in [0.1, 0.15) is 0 Å². The molecular weight excluding hydrogens is 322 g/mol. The number of hydrogen-bond donors (Lipinski definition) is 1. The van der Waals surface area contributed by atoms with E-state index < -0.39 is 0 Å². The highest BCUT2D eigenvalue weighted by atomic mass is 16.5. The minimum Gasteiger partial charge on any atom is -0.339 e. The van der Waals surface area contributed by atoms with Gasteiger partial charge in [-0.25, -0.2) is 0 Å². The lowest BCUT2D eigenvalue weighted by atomic mass is 9.99. The lowest BCUT2D eigenvalue weighted by Crippen LogP contribution is -2.29. The minimum absolute atomic E-state index is 0.322. The molecule has 1 aromatic heterocycles. The maximum atomic E-state index is 5.51. The third-order valence-corrected chi connectivity index (χ3v) is 5.51. The second-order valence-corrected chi connectivity index (χ2v) is 7.46. The summed E-state index contributed by atoms with van der Waals surface area (Å²) in [6.45, 7) is 4.40. The van der Waals surface area contributed by atoms with E-state index in [9.17, 15) is 0 Å². The molecule has 4 nitrogen and oxygen atoms in total. The normalized spacial score (nSPS) is 21.3. The van der Waals surface area contributed by atoms with Gasteiger partial charge >= 0.3 is 0 Å². The predicted molar refractivity (Wildman–Crippen MR) is 104 cm³/mol. The van der Waals surface area contributed by atoms with Gasteiger partial charge < -0.3 is 9.84 Å². The number of benzene rings is 2. The van der Waals surface area contributed by atoms with Crippen LogP contribution in [-0.4, -0.2) is 16.2 Å². The highest BCUT2D eigenvalue weighted by molar-refractivity contribution is 5.86. The average molecular weight is 349 g/mol. The molecule has 1 aliphatic carbocycles. The third-order valence-electron chi connectivity index (χ3n) is 5.51. The maximum Gasteiger partial charge on any atom is 0.229 e. The summed E-state index contributed by atoms with van der Waals surface area (Å²) in [5.41, 5.74) is 1.37. The van der Waals surface area contributed by atoms with Crippen molar-refractivity contribution in [2.75, 3.05) is 0 Å². The third kappa shape index (κ3) is 3.51. The molecule has 1 fully saturated rings. The van der Waals surface area contributed by atoms with Gasteiger partial charge in [-0.1, -0.05) is 54.5 Å². The van der Waals surface area contributed by atoms with Crippen molar-refractivity contribution < 1.29 is 4.52 Å². The number of nitrogens with one attached hydrogen (secondary N) is 1. The average Bonchev–Trinajstić information content (AvgIpc) is 3.31. The first-order chi connectivity index (χ1) is 12.7. The lowest BCUT2D eigenvalue weighted by Gasteiger charge is -2.21. The van der Waals surface area contributed by atoms with Crippen molar-refractivity contribution in [3.05, 3.63) is 59.7 Å². The predicted octanol–water partition coefficient (Wildman–Crippen LogP) is 5.16. The Labute approximate surface area is 155 Å². The molecule has 2 aromatic carbocycles. The van der Waals surface area contributed by atoms with E-state index in [0.717, 1.165) is 43.8 Å². The molecule has 0 aliphatic heterocycles. The Hall–Kier alpha value is -2.20. The van der Waals surface area contributed by atoms with Gasteiger partial charge in [-0.3, -0.25) is 0 Å². The molecule has 3 atom stereocenters. The zero-order valence-electron chi connectivity index (χ0n) is 15.6. The second kappa shape index (κ2) is 7.58. The number of rotatable bonds is 6. The number of hydrogen-bond acceptors (Lipinski definition) is 4. The van der Waals surface area contributed by atoms with Crippen molar-refractivity contribution in [3.8, 4) is 0 Å². The fourth-order valence-corrected chi connectivity index (χ4v) is 4.19. The Kier molecular flexibility index (Phi) is 5.02. The fourth-order valence-electron chi connectivity index (χ4n) is 4.19. The van der Waals surface area contributed by atoms with Crippen LogP contribution in [0, 0.1) is 0 Å². The lowest BCUT2D eigenvalue weighted by molar-refractivity contribution is 0.346. The fraction of sp³-hybridized carbons (Fsp3) is 0.455. The SMILES string of the molecule is CCCc1noc(C2CCC(NC(C)c3cccc4ccccc34)C2)n1. The highest BCUT2D eigenvalue weighted by Crippen LogP contribution is 2.35. The van der Waals surface area contributed by atoms with Gasteiger partial charge in [0.15, 0.2) is 5.82 Å². The van der Waals surface area contributed by atoms with E-state index in [2.05, 4.69) is 71.8 Å². The summed E-state index contributed by atoms with van der Waals surface area (Å²) in [6.07, 6.45) is 5.30. The molecular formula is C22H27N3O.